The second kappa shape index (κ2) is 3.49. The normalized spacial score (nSPS) is 53.1. The SMILES string of the molecule is CC1C(O)C(C)(CO)[C@@H]2CCCC[C@@H]12. The molecule has 2 nitrogen and oxygen atoms in total. The Balaban J connectivity index is 2.26. The zero-order valence-corrected chi connectivity index (χ0v) is 9.24. The van der Waals surface area contributed by atoms with Gasteiger partial charge in [-0.2, -0.15) is 0 Å². The Bertz CT molecular complexity index is 216. The molecule has 0 aromatic rings. The molecule has 0 saturated heterocycles. The Labute approximate surface area is 86.3 Å². The van der Waals surface area contributed by atoms with Gasteiger partial charge in [0.1, 0.15) is 0 Å². The molecule has 0 aliphatic heterocycles. The van der Waals surface area contributed by atoms with E-state index in [4.69, 9.17) is 0 Å². The van der Waals surface area contributed by atoms with Gasteiger partial charge >= 0.3 is 0 Å². The van der Waals surface area contributed by atoms with Crippen molar-refractivity contribution >= 4 is 0 Å². The van der Waals surface area contributed by atoms with Crippen molar-refractivity contribution in [3.63, 3.8) is 0 Å². The van der Waals surface area contributed by atoms with Crippen LogP contribution in [0.2, 0.25) is 0 Å². The zero-order chi connectivity index (χ0) is 10.3. The number of rotatable bonds is 1. The largest absolute Gasteiger partial charge is 0.396 e. The molecule has 0 aromatic carbocycles. The summed E-state index contributed by atoms with van der Waals surface area (Å²) in [6, 6.07) is 0. The van der Waals surface area contributed by atoms with Gasteiger partial charge in [0, 0.05) is 5.41 Å². The van der Waals surface area contributed by atoms with Gasteiger partial charge in [-0.15, -0.1) is 0 Å². The molecule has 3 unspecified atom stereocenters. The molecule has 2 aliphatic carbocycles. The van der Waals surface area contributed by atoms with Gasteiger partial charge in [0.15, 0.2) is 0 Å². The fourth-order valence-corrected chi connectivity index (χ4v) is 3.87. The van der Waals surface area contributed by atoms with Gasteiger partial charge in [-0.1, -0.05) is 26.7 Å². The predicted molar refractivity (Wildman–Crippen MR) is 55.8 cm³/mol. The molecule has 2 aliphatic rings. The molecule has 2 N–H and O–H groups in total. The van der Waals surface area contributed by atoms with Crippen molar-refractivity contribution < 1.29 is 10.2 Å². The molecule has 2 rings (SSSR count). The minimum atomic E-state index is -0.305. The molecule has 2 fully saturated rings. The summed E-state index contributed by atoms with van der Waals surface area (Å²) in [5, 5.41) is 19.7. The lowest BCUT2D eigenvalue weighted by atomic mass is 9.70. The molecule has 0 spiro atoms. The summed E-state index contributed by atoms with van der Waals surface area (Å²) in [7, 11) is 0. The maximum atomic E-state index is 10.2. The Morgan fingerprint density at radius 2 is 1.93 bits per heavy atom. The van der Waals surface area contributed by atoms with Gasteiger partial charge in [-0.05, 0) is 30.6 Å². The van der Waals surface area contributed by atoms with E-state index in [9.17, 15) is 10.2 Å². The number of aliphatic hydroxyl groups is 2. The fraction of sp³-hybridized carbons (Fsp3) is 1.00. The van der Waals surface area contributed by atoms with E-state index in [1.165, 1.54) is 25.7 Å². The molecular formula is C12H22O2. The molecule has 0 bridgehead atoms. The highest BCUT2D eigenvalue weighted by atomic mass is 16.3. The van der Waals surface area contributed by atoms with Crippen molar-refractivity contribution in [2.75, 3.05) is 6.61 Å². The molecule has 0 heterocycles. The Morgan fingerprint density at radius 1 is 1.29 bits per heavy atom. The van der Waals surface area contributed by atoms with Crippen molar-refractivity contribution in [3.8, 4) is 0 Å². The van der Waals surface area contributed by atoms with E-state index in [0.29, 0.717) is 17.8 Å². The summed E-state index contributed by atoms with van der Waals surface area (Å²) < 4.78 is 0. The highest BCUT2D eigenvalue weighted by molar-refractivity contribution is 5.03. The van der Waals surface area contributed by atoms with Crippen molar-refractivity contribution in [1.82, 2.24) is 0 Å². The first-order valence-electron chi connectivity index (χ1n) is 5.90. The van der Waals surface area contributed by atoms with Crippen molar-refractivity contribution in [1.29, 1.82) is 0 Å². The molecule has 2 saturated carbocycles. The van der Waals surface area contributed by atoms with Gasteiger partial charge in [0.2, 0.25) is 0 Å². The average Bonchev–Trinajstić information content (AvgIpc) is 2.43. The van der Waals surface area contributed by atoms with E-state index in [1.807, 2.05) is 0 Å². The quantitative estimate of drug-likeness (QED) is 0.674. The Morgan fingerprint density at radius 3 is 2.57 bits per heavy atom. The lowest BCUT2D eigenvalue weighted by Crippen LogP contribution is -2.38. The number of aliphatic hydroxyl groups excluding tert-OH is 2. The van der Waals surface area contributed by atoms with Crippen LogP contribution in [-0.4, -0.2) is 22.9 Å². The lowest BCUT2D eigenvalue weighted by Gasteiger charge is -2.36. The highest BCUT2D eigenvalue weighted by Crippen LogP contribution is 2.55. The van der Waals surface area contributed by atoms with Crippen LogP contribution in [0.3, 0.4) is 0 Å². The molecule has 0 amide bonds. The average molecular weight is 198 g/mol. The highest BCUT2D eigenvalue weighted by Gasteiger charge is 2.55. The van der Waals surface area contributed by atoms with Gasteiger partial charge in [-0.25, -0.2) is 0 Å². The van der Waals surface area contributed by atoms with Crippen LogP contribution in [0, 0.1) is 23.2 Å². The molecule has 5 atom stereocenters. The van der Waals surface area contributed by atoms with Gasteiger partial charge < -0.3 is 10.2 Å². The molecule has 2 heteroatoms. The maximum Gasteiger partial charge on any atom is 0.0646 e. The minimum Gasteiger partial charge on any atom is -0.396 e. The molecule has 0 radical (unpaired) electrons. The van der Waals surface area contributed by atoms with Crippen LogP contribution >= 0.6 is 0 Å². The van der Waals surface area contributed by atoms with Gasteiger partial charge in [0.25, 0.3) is 0 Å². The maximum absolute atomic E-state index is 10.2. The summed E-state index contributed by atoms with van der Waals surface area (Å²) in [5.74, 6) is 1.57. The minimum absolute atomic E-state index is 0.139. The van der Waals surface area contributed by atoms with Crippen molar-refractivity contribution in [2.24, 2.45) is 23.2 Å². The first-order chi connectivity index (χ1) is 6.61. The third-order valence-corrected chi connectivity index (χ3v) is 4.86. The summed E-state index contributed by atoms with van der Waals surface area (Å²) >= 11 is 0. The van der Waals surface area contributed by atoms with E-state index in [-0.39, 0.29) is 18.1 Å². The second-order valence-corrected chi connectivity index (χ2v) is 5.52. The molecule has 14 heavy (non-hydrogen) atoms. The van der Waals surface area contributed by atoms with Crippen LogP contribution in [0.4, 0.5) is 0 Å². The van der Waals surface area contributed by atoms with Crippen LogP contribution in [-0.2, 0) is 0 Å². The van der Waals surface area contributed by atoms with Crippen LogP contribution < -0.4 is 0 Å². The fourth-order valence-electron chi connectivity index (χ4n) is 3.87. The summed E-state index contributed by atoms with van der Waals surface area (Å²) in [6.45, 7) is 4.35. The summed E-state index contributed by atoms with van der Waals surface area (Å²) in [4.78, 5) is 0. The van der Waals surface area contributed by atoms with Crippen molar-refractivity contribution in [2.45, 2.75) is 45.6 Å². The smallest absolute Gasteiger partial charge is 0.0646 e. The van der Waals surface area contributed by atoms with Crippen LogP contribution in [0.1, 0.15) is 39.5 Å². The third kappa shape index (κ3) is 1.24. The van der Waals surface area contributed by atoms with Gasteiger partial charge in [0.05, 0.1) is 12.7 Å². The summed E-state index contributed by atoms with van der Waals surface area (Å²) in [5.41, 5.74) is -0.232. The lowest BCUT2D eigenvalue weighted by molar-refractivity contribution is -0.0230. The molecule has 0 aromatic heterocycles. The van der Waals surface area contributed by atoms with Crippen LogP contribution in [0.25, 0.3) is 0 Å². The first kappa shape index (κ1) is 10.4. The monoisotopic (exact) mass is 198 g/mol. The zero-order valence-electron chi connectivity index (χ0n) is 9.24. The van der Waals surface area contributed by atoms with Gasteiger partial charge in [-0.3, -0.25) is 0 Å². The topological polar surface area (TPSA) is 40.5 Å². The molecular weight excluding hydrogens is 176 g/mol. The van der Waals surface area contributed by atoms with Crippen LogP contribution in [0.15, 0.2) is 0 Å². The number of hydrogen-bond donors (Lipinski definition) is 2. The standard InChI is InChI=1S/C12H22O2/c1-8-9-5-3-4-6-10(9)12(2,7-13)11(8)14/h8-11,13-14H,3-7H2,1-2H3/t8?,9-,10+,11?,12?/m0/s1. The van der Waals surface area contributed by atoms with E-state index >= 15 is 0 Å². The summed E-state index contributed by atoms with van der Waals surface area (Å²) in [6.07, 6.45) is 4.72. The Hall–Kier alpha value is -0.0800. The first-order valence-corrected chi connectivity index (χ1v) is 5.90. The Kier molecular flexibility index (Phi) is 2.61. The van der Waals surface area contributed by atoms with Crippen molar-refractivity contribution in [3.05, 3.63) is 0 Å². The molecule has 82 valence electrons. The van der Waals surface area contributed by atoms with Crippen LogP contribution in [0.5, 0.6) is 0 Å². The number of hydrogen-bond acceptors (Lipinski definition) is 2. The van der Waals surface area contributed by atoms with E-state index in [2.05, 4.69) is 13.8 Å². The predicted octanol–water partition coefficient (Wildman–Crippen LogP) is 1.80. The number of fused-ring (bicyclic) bond motifs is 1. The third-order valence-electron chi connectivity index (χ3n) is 4.86. The van der Waals surface area contributed by atoms with E-state index in [1.54, 1.807) is 0 Å². The van der Waals surface area contributed by atoms with E-state index in [0.717, 1.165) is 0 Å². The second-order valence-electron chi connectivity index (χ2n) is 5.52. The van der Waals surface area contributed by atoms with E-state index < -0.39 is 0 Å².